The molecule has 10 heteroatoms. The summed E-state index contributed by atoms with van der Waals surface area (Å²) in [4.78, 5) is 55.8. The van der Waals surface area contributed by atoms with Gasteiger partial charge in [-0.2, -0.15) is 0 Å². The Hall–Kier alpha value is -1.74. The molecule has 0 saturated heterocycles. The van der Waals surface area contributed by atoms with Crippen LogP contribution >= 0.6 is 60.3 Å². The van der Waals surface area contributed by atoms with E-state index in [-0.39, 0.29) is 40.1 Å². The van der Waals surface area contributed by atoms with Gasteiger partial charge in [-0.05, 0) is 53.3 Å². The number of imide groups is 1. The van der Waals surface area contributed by atoms with Gasteiger partial charge in [0.2, 0.25) is 0 Å². The third-order valence-electron chi connectivity index (χ3n) is 5.53. The van der Waals surface area contributed by atoms with E-state index in [1.807, 2.05) is 56.3 Å². The minimum atomic E-state index is -0.475. The van der Waals surface area contributed by atoms with Gasteiger partial charge in [0, 0.05) is 101 Å². The molecule has 0 spiro atoms. The molecule has 3 amide bonds. The first-order valence-electron chi connectivity index (χ1n) is 10.7. The first-order valence-corrected chi connectivity index (χ1v) is 17.4. The van der Waals surface area contributed by atoms with Gasteiger partial charge in [0.05, 0.1) is 5.56 Å². The lowest BCUT2D eigenvalue weighted by Gasteiger charge is -2.29. The first-order chi connectivity index (χ1) is 16.9. The van der Waals surface area contributed by atoms with Gasteiger partial charge in [-0.3, -0.25) is 24.1 Å². The molecule has 0 unspecified atom stereocenters. The highest BCUT2D eigenvalue weighted by molar-refractivity contribution is 14.2. The number of benzene rings is 2. The fourth-order valence-electron chi connectivity index (χ4n) is 4.14. The van der Waals surface area contributed by atoms with Crippen LogP contribution in [0.1, 0.15) is 79.2 Å². The Morgan fingerprint density at radius 3 is 2.26 bits per heavy atom. The van der Waals surface area contributed by atoms with Gasteiger partial charge >= 0.3 is 0 Å². The second kappa shape index (κ2) is 12.5. The van der Waals surface area contributed by atoms with E-state index in [1.54, 1.807) is 24.1 Å². The number of hydrogen-bond donors (Lipinski definition) is 0. The van der Waals surface area contributed by atoms with Crippen molar-refractivity contribution in [3.8, 4) is 22.3 Å². The Morgan fingerprint density at radius 1 is 1.03 bits per heavy atom. The second-order valence-corrected chi connectivity index (χ2v) is 11.1. The average molecular weight is 730 g/mol. The van der Waals surface area contributed by atoms with Gasteiger partial charge < -0.3 is 4.90 Å². The standard InChI is InChI=1S/C25H20I2N2O4S2/c1-4-8-28(3)23(31)17-13-16(7-11-35-27)20-22-18(24(32)29(9-5-2)25(20)33)12-15(6-10-34-26)19(14-30)21(17)22/h12-14H,4-5,8-9H2,1-3H3. The molecule has 6 nitrogen and oxygen atoms in total. The number of carbonyl (C=O) groups excluding carboxylic acids is 4. The summed E-state index contributed by atoms with van der Waals surface area (Å²) >= 11 is 4.05. The number of carbonyl (C=O) groups is 4. The Kier molecular flexibility index (Phi) is 9.93. The van der Waals surface area contributed by atoms with Crippen molar-refractivity contribution >= 4 is 95.1 Å². The fraction of sp³-hybridized carbons (Fsp3) is 0.280. The van der Waals surface area contributed by atoms with Crippen molar-refractivity contribution < 1.29 is 19.2 Å². The summed E-state index contributed by atoms with van der Waals surface area (Å²) in [5, 5.41) is 6.32. The third-order valence-corrected chi connectivity index (χ3v) is 7.21. The lowest BCUT2D eigenvalue weighted by molar-refractivity contribution is 0.0609. The van der Waals surface area contributed by atoms with E-state index in [1.165, 1.54) is 22.8 Å². The van der Waals surface area contributed by atoms with E-state index in [0.717, 1.165) is 6.42 Å². The molecule has 2 aromatic carbocycles. The summed E-state index contributed by atoms with van der Waals surface area (Å²) in [6.45, 7) is 4.59. The van der Waals surface area contributed by atoms with Crippen molar-refractivity contribution in [1.82, 2.24) is 9.80 Å². The van der Waals surface area contributed by atoms with Crippen molar-refractivity contribution in [2.24, 2.45) is 0 Å². The molecule has 35 heavy (non-hydrogen) atoms. The van der Waals surface area contributed by atoms with E-state index < -0.39 is 11.8 Å². The minimum Gasteiger partial charge on any atom is -0.342 e. The zero-order valence-corrected chi connectivity index (χ0v) is 25.1. The molecule has 0 aromatic heterocycles. The molecule has 0 N–H and O–H groups in total. The van der Waals surface area contributed by atoms with Gasteiger partial charge in [0.25, 0.3) is 17.7 Å². The number of hydrogen-bond acceptors (Lipinski definition) is 6. The van der Waals surface area contributed by atoms with Crippen LogP contribution in [0, 0.1) is 22.3 Å². The highest BCUT2D eigenvalue weighted by Crippen LogP contribution is 2.38. The topological polar surface area (TPSA) is 74.8 Å². The highest BCUT2D eigenvalue weighted by Gasteiger charge is 2.37. The third kappa shape index (κ3) is 5.36. The van der Waals surface area contributed by atoms with E-state index >= 15 is 0 Å². The average Bonchev–Trinajstić information content (AvgIpc) is 2.86. The summed E-state index contributed by atoms with van der Waals surface area (Å²) < 4.78 is 0. The Labute approximate surface area is 236 Å². The van der Waals surface area contributed by atoms with Crippen LogP contribution in [0.2, 0.25) is 0 Å². The molecule has 0 aliphatic carbocycles. The largest absolute Gasteiger partial charge is 0.342 e. The number of halogens is 2. The molecule has 0 saturated carbocycles. The maximum Gasteiger partial charge on any atom is 0.262 e. The van der Waals surface area contributed by atoms with Crippen LogP contribution in [0.15, 0.2) is 12.1 Å². The minimum absolute atomic E-state index is 0.184. The van der Waals surface area contributed by atoms with Gasteiger partial charge in [0.15, 0.2) is 6.29 Å². The summed E-state index contributed by atoms with van der Waals surface area (Å²) in [7, 11) is 4.17. The second-order valence-electron chi connectivity index (χ2n) is 7.70. The van der Waals surface area contributed by atoms with E-state index in [9.17, 15) is 19.2 Å². The molecule has 0 atom stereocenters. The summed E-state index contributed by atoms with van der Waals surface area (Å²) in [6.07, 6.45) is 1.97. The monoisotopic (exact) mass is 730 g/mol. The summed E-state index contributed by atoms with van der Waals surface area (Å²) in [6, 6.07) is 3.13. The molecule has 1 heterocycles. The zero-order chi connectivity index (χ0) is 25.7. The van der Waals surface area contributed by atoms with Crippen LogP contribution in [-0.4, -0.2) is 53.9 Å². The molecule has 0 radical (unpaired) electrons. The predicted molar refractivity (Wildman–Crippen MR) is 159 cm³/mol. The Bertz CT molecular complexity index is 1370. The Morgan fingerprint density at radius 2 is 1.69 bits per heavy atom. The number of amides is 3. The van der Waals surface area contributed by atoms with Gasteiger partial charge in [0.1, 0.15) is 0 Å². The molecule has 0 fully saturated rings. The fourth-order valence-corrected chi connectivity index (χ4v) is 5.09. The summed E-state index contributed by atoms with van der Waals surface area (Å²) in [5.41, 5.74) is 1.58. The number of nitrogens with zero attached hydrogens (tertiary/aromatic N) is 2. The summed E-state index contributed by atoms with van der Waals surface area (Å²) in [5.74, 6) is 4.66. The van der Waals surface area contributed by atoms with E-state index in [2.05, 4.69) is 22.3 Å². The van der Waals surface area contributed by atoms with E-state index in [0.29, 0.717) is 35.8 Å². The molecule has 180 valence electrons. The number of aldehydes is 1. The van der Waals surface area contributed by atoms with Gasteiger partial charge in [-0.25, -0.2) is 0 Å². The van der Waals surface area contributed by atoms with Crippen molar-refractivity contribution in [2.75, 3.05) is 20.1 Å². The smallest absolute Gasteiger partial charge is 0.262 e. The molecule has 1 aliphatic rings. The van der Waals surface area contributed by atoms with Crippen LogP contribution in [-0.2, 0) is 0 Å². The molecule has 3 rings (SSSR count). The molecule has 1 aliphatic heterocycles. The van der Waals surface area contributed by atoms with Crippen LogP contribution in [0.25, 0.3) is 10.8 Å². The van der Waals surface area contributed by atoms with Crippen LogP contribution < -0.4 is 0 Å². The van der Waals surface area contributed by atoms with Gasteiger partial charge in [-0.15, -0.1) is 0 Å². The highest BCUT2D eigenvalue weighted by atomic mass is 127. The van der Waals surface area contributed by atoms with E-state index in [4.69, 9.17) is 0 Å². The maximum atomic E-state index is 13.6. The molecular weight excluding hydrogens is 710 g/mol. The lowest BCUT2D eigenvalue weighted by atomic mass is 9.83. The normalized spacial score (nSPS) is 12.1. The van der Waals surface area contributed by atoms with Crippen molar-refractivity contribution in [2.45, 2.75) is 26.7 Å². The van der Waals surface area contributed by atoms with Crippen molar-refractivity contribution in [3.63, 3.8) is 0 Å². The van der Waals surface area contributed by atoms with Crippen molar-refractivity contribution in [3.05, 3.63) is 45.5 Å². The van der Waals surface area contributed by atoms with Crippen LogP contribution in [0.5, 0.6) is 0 Å². The van der Waals surface area contributed by atoms with Crippen LogP contribution in [0.3, 0.4) is 0 Å². The molecule has 2 aromatic rings. The molecular formula is C25H20I2N2O4S2. The van der Waals surface area contributed by atoms with Gasteiger partial charge in [-0.1, -0.05) is 25.7 Å². The maximum absolute atomic E-state index is 13.6. The molecule has 0 bridgehead atoms. The van der Waals surface area contributed by atoms with Crippen molar-refractivity contribution in [1.29, 1.82) is 0 Å². The van der Waals surface area contributed by atoms with Crippen LogP contribution in [0.4, 0.5) is 0 Å². The Balaban J connectivity index is 2.60. The zero-order valence-electron chi connectivity index (χ0n) is 19.2. The lowest BCUT2D eigenvalue weighted by Crippen LogP contribution is -2.41. The first kappa shape index (κ1) is 27.8. The SMILES string of the molecule is CCCN(C)C(=O)c1cc(C#CSI)c2c3c(cc(C#CSI)c(C=O)c13)C(=O)N(CCC)C2=O. The quantitative estimate of drug-likeness (QED) is 0.159. The predicted octanol–water partition coefficient (Wildman–Crippen LogP) is 5.92. The number of rotatable bonds is 6.